The third-order valence-electron chi connectivity index (χ3n) is 3.74. The molecule has 0 bridgehead atoms. The third kappa shape index (κ3) is 4.34. The molecule has 1 atom stereocenters. The molecule has 0 unspecified atom stereocenters. The van der Waals surface area contributed by atoms with Crippen molar-refractivity contribution in [3.63, 3.8) is 0 Å². The summed E-state index contributed by atoms with van der Waals surface area (Å²) in [6, 6.07) is 4.49. The highest BCUT2D eigenvalue weighted by molar-refractivity contribution is 7.93. The normalized spacial score (nSPS) is 12.8. The fourth-order valence-electron chi connectivity index (χ4n) is 2.47. The summed E-state index contributed by atoms with van der Waals surface area (Å²) in [5.74, 6) is 0. The maximum Gasteiger partial charge on any atom is 0.184 e. The molecule has 2 rings (SSSR count). The number of nitrogens with one attached hydrogen (secondary N) is 1. The Morgan fingerprint density at radius 3 is 2.81 bits per heavy atom. The molecule has 5 heteroatoms. The average Bonchev–Trinajstić information content (AvgIpc) is 2.89. The molecule has 0 aliphatic heterocycles. The molecule has 1 heterocycles. The minimum atomic E-state index is 0.504. The van der Waals surface area contributed by atoms with Gasteiger partial charge in [-0.1, -0.05) is 44.4 Å². The zero-order valence-corrected chi connectivity index (χ0v) is 14.6. The Kier molecular flexibility index (Phi) is 6.33. The van der Waals surface area contributed by atoms with Gasteiger partial charge in [-0.25, -0.2) is 4.98 Å². The van der Waals surface area contributed by atoms with Crippen molar-refractivity contribution >= 4 is 38.7 Å². The van der Waals surface area contributed by atoms with Crippen molar-refractivity contribution in [3.8, 4) is 0 Å². The predicted molar refractivity (Wildman–Crippen MR) is 94.7 cm³/mol. The van der Waals surface area contributed by atoms with Gasteiger partial charge in [-0.3, -0.25) is 0 Å². The molecule has 116 valence electrons. The molecule has 0 saturated heterocycles. The van der Waals surface area contributed by atoms with Crippen LogP contribution in [0.4, 0.5) is 5.13 Å². The Hall–Kier alpha value is -0.780. The van der Waals surface area contributed by atoms with Crippen LogP contribution >= 0.6 is 23.4 Å². The van der Waals surface area contributed by atoms with Crippen LogP contribution in [0.3, 0.4) is 0 Å². The molecule has 2 N–H and O–H groups in total. The lowest BCUT2D eigenvalue weighted by molar-refractivity contribution is 0.574. The highest BCUT2D eigenvalue weighted by Gasteiger charge is 2.12. The first-order valence-corrected chi connectivity index (χ1v) is 9.26. The van der Waals surface area contributed by atoms with Crippen molar-refractivity contribution < 1.29 is 4.55 Å². The van der Waals surface area contributed by atoms with Crippen molar-refractivity contribution in [2.45, 2.75) is 63.8 Å². The summed E-state index contributed by atoms with van der Waals surface area (Å²) in [4.78, 5) is 5.60. The second-order valence-corrected chi connectivity index (χ2v) is 7.13. The topological polar surface area (TPSA) is 45.2 Å². The molecular formula is C16H24N2OS2. The quantitative estimate of drug-likeness (QED) is 0.466. The number of hydrogen-bond acceptors (Lipinski definition) is 5. The minimum Gasteiger partial charge on any atom is -0.359 e. The van der Waals surface area contributed by atoms with Gasteiger partial charge in [0.1, 0.15) is 0 Å². The molecule has 1 aromatic carbocycles. The minimum absolute atomic E-state index is 0.504. The second-order valence-electron chi connectivity index (χ2n) is 5.44. The van der Waals surface area contributed by atoms with E-state index in [1.165, 1.54) is 25.7 Å². The Morgan fingerprint density at radius 2 is 2.14 bits per heavy atom. The van der Waals surface area contributed by atoms with E-state index in [-0.39, 0.29) is 0 Å². The first kappa shape index (κ1) is 16.6. The van der Waals surface area contributed by atoms with Crippen molar-refractivity contribution in [1.29, 1.82) is 0 Å². The van der Waals surface area contributed by atoms with Crippen LogP contribution in [0.1, 0.15) is 51.5 Å². The van der Waals surface area contributed by atoms with Crippen LogP contribution in [0.2, 0.25) is 0 Å². The molecule has 3 nitrogen and oxygen atoms in total. The lowest BCUT2D eigenvalue weighted by Crippen LogP contribution is -2.18. The highest BCUT2D eigenvalue weighted by atomic mass is 32.2. The van der Waals surface area contributed by atoms with Gasteiger partial charge in [0.2, 0.25) is 0 Å². The molecule has 0 aliphatic carbocycles. The number of anilines is 1. The number of aryl methyl sites for hydroxylation is 1. The summed E-state index contributed by atoms with van der Waals surface area (Å²) in [5, 5.41) is 4.58. The number of unbranched alkanes of at least 4 members (excludes halogenated alkanes) is 2. The molecule has 0 saturated carbocycles. The van der Waals surface area contributed by atoms with Gasteiger partial charge in [0.05, 0.1) is 10.2 Å². The van der Waals surface area contributed by atoms with Crippen LogP contribution in [-0.2, 0) is 0 Å². The van der Waals surface area contributed by atoms with Crippen LogP contribution < -0.4 is 5.32 Å². The van der Waals surface area contributed by atoms with E-state index in [2.05, 4.69) is 19.2 Å². The maximum absolute atomic E-state index is 9.22. The van der Waals surface area contributed by atoms with Crippen molar-refractivity contribution in [2.24, 2.45) is 0 Å². The van der Waals surface area contributed by atoms with Gasteiger partial charge in [0, 0.05) is 23.0 Å². The van der Waals surface area contributed by atoms with Crippen LogP contribution in [-0.4, -0.2) is 15.6 Å². The summed E-state index contributed by atoms with van der Waals surface area (Å²) in [5.41, 5.74) is 2.16. The second kappa shape index (κ2) is 8.01. The lowest BCUT2D eigenvalue weighted by Gasteiger charge is -2.15. The number of benzene rings is 1. The predicted octanol–water partition coefficient (Wildman–Crippen LogP) is 5.94. The molecule has 1 aromatic heterocycles. The molecule has 2 aromatic rings. The van der Waals surface area contributed by atoms with Gasteiger partial charge < -0.3 is 9.87 Å². The van der Waals surface area contributed by atoms with E-state index in [9.17, 15) is 4.55 Å². The molecule has 0 amide bonds. The molecule has 21 heavy (non-hydrogen) atoms. The molecule has 0 fully saturated rings. The van der Waals surface area contributed by atoms with Crippen molar-refractivity contribution in [2.75, 3.05) is 5.32 Å². The lowest BCUT2D eigenvalue weighted by atomic mass is 10.1. The van der Waals surface area contributed by atoms with Crippen LogP contribution in [0.25, 0.3) is 10.2 Å². The fourth-order valence-corrected chi connectivity index (χ4v) is 4.01. The first-order chi connectivity index (χ1) is 10.2. The third-order valence-corrected chi connectivity index (χ3v) is 5.12. The SMILES string of the molecule is CCCCC[C@@H](CC)Nc1nc2c(C)cc(SO)cc2s1. The van der Waals surface area contributed by atoms with E-state index in [0.717, 1.165) is 44.3 Å². The zero-order valence-electron chi connectivity index (χ0n) is 13.0. The smallest absolute Gasteiger partial charge is 0.184 e. The van der Waals surface area contributed by atoms with Crippen molar-refractivity contribution in [1.82, 2.24) is 4.98 Å². The van der Waals surface area contributed by atoms with Crippen molar-refractivity contribution in [3.05, 3.63) is 17.7 Å². The standard InChI is InChI=1S/C16H24N2OS2/c1-4-6-7-8-12(5-2)17-16-18-15-11(3)9-13(21-19)10-14(15)20-16/h9-10,12,19H,4-8H2,1-3H3,(H,17,18)/t12-/m1/s1. The number of nitrogens with zero attached hydrogens (tertiary/aromatic N) is 1. The van der Waals surface area contributed by atoms with Crippen LogP contribution in [0, 0.1) is 6.92 Å². The van der Waals surface area contributed by atoms with E-state index >= 15 is 0 Å². The van der Waals surface area contributed by atoms with Gasteiger partial charge in [-0.05, 0) is 37.5 Å². The summed E-state index contributed by atoms with van der Waals surface area (Å²) >= 11 is 2.47. The van der Waals surface area contributed by atoms with E-state index in [4.69, 9.17) is 4.98 Å². The van der Waals surface area contributed by atoms with Crippen LogP contribution in [0.15, 0.2) is 17.0 Å². The van der Waals surface area contributed by atoms with Gasteiger partial charge in [0.15, 0.2) is 5.13 Å². The summed E-state index contributed by atoms with van der Waals surface area (Å²) in [7, 11) is 0. The Morgan fingerprint density at radius 1 is 1.33 bits per heavy atom. The van der Waals surface area contributed by atoms with Gasteiger partial charge >= 0.3 is 0 Å². The van der Waals surface area contributed by atoms with E-state index in [1.54, 1.807) is 11.3 Å². The van der Waals surface area contributed by atoms with Crippen LogP contribution in [0.5, 0.6) is 0 Å². The molecule has 0 radical (unpaired) electrons. The zero-order chi connectivity index (χ0) is 15.2. The highest BCUT2D eigenvalue weighted by Crippen LogP contribution is 2.32. The monoisotopic (exact) mass is 324 g/mol. The number of fused-ring (bicyclic) bond motifs is 1. The van der Waals surface area contributed by atoms with Gasteiger partial charge in [-0.2, -0.15) is 0 Å². The molecule has 0 aliphatic rings. The first-order valence-electron chi connectivity index (χ1n) is 7.67. The molecular weight excluding hydrogens is 300 g/mol. The van der Waals surface area contributed by atoms with Gasteiger partial charge in [-0.15, -0.1) is 0 Å². The molecule has 0 spiro atoms. The summed E-state index contributed by atoms with van der Waals surface area (Å²) in [6.07, 6.45) is 6.16. The largest absolute Gasteiger partial charge is 0.359 e. The summed E-state index contributed by atoms with van der Waals surface area (Å²) < 4.78 is 10.4. The maximum atomic E-state index is 9.22. The number of thiazole rings is 1. The Bertz CT molecular complexity index is 583. The van der Waals surface area contributed by atoms with E-state index < -0.39 is 0 Å². The Labute approximate surface area is 135 Å². The average molecular weight is 325 g/mol. The number of aromatic nitrogens is 1. The fraction of sp³-hybridized carbons (Fsp3) is 0.562. The Balaban J connectivity index is 2.12. The van der Waals surface area contributed by atoms with E-state index in [0.29, 0.717) is 6.04 Å². The number of rotatable bonds is 8. The van der Waals surface area contributed by atoms with E-state index in [1.807, 2.05) is 19.1 Å². The summed E-state index contributed by atoms with van der Waals surface area (Å²) in [6.45, 7) is 6.51. The number of hydrogen-bond donors (Lipinski definition) is 2. The van der Waals surface area contributed by atoms with Gasteiger partial charge in [0.25, 0.3) is 0 Å².